The Balaban J connectivity index is 1.39. The Labute approximate surface area is 186 Å². The normalized spacial score (nSPS) is 17.4. The van der Waals surface area contributed by atoms with Crippen molar-refractivity contribution in [1.82, 2.24) is 25.1 Å². The van der Waals surface area contributed by atoms with E-state index in [1.54, 1.807) is 12.1 Å². The molecule has 32 heavy (non-hydrogen) atoms. The fourth-order valence-electron chi connectivity index (χ4n) is 4.13. The molecule has 1 aromatic carbocycles. The van der Waals surface area contributed by atoms with Gasteiger partial charge in [0.05, 0.1) is 29.7 Å². The van der Waals surface area contributed by atoms with Crippen molar-refractivity contribution in [2.75, 3.05) is 23.3 Å². The summed E-state index contributed by atoms with van der Waals surface area (Å²) in [4.78, 5) is 15.2. The van der Waals surface area contributed by atoms with E-state index in [1.165, 1.54) is 6.07 Å². The monoisotopic (exact) mass is 453 g/mol. The van der Waals surface area contributed by atoms with Crippen molar-refractivity contribution < 1.29 is 8.78 Å². The number of nitrogens with zero attached hydrogens (tertiary/aromatic N) is 5. The summed E-state index contributed by atoms with van der Waals surface area (Å²) < 4.78 is 28.7. The number of pyridine rings is 1. The van der Waals surface area contributed by atoms with Crippen LogP contribution in [0.4, 0.5) is 26.2 Å². The van der Waals surface area contributed by atoms with Gasteiger partial charge in [0, 0.05) is 11.6 Å². The van der Waals surface area contributed by atoms with E-state index in [4.69, 9.17) is 11.6 Å². The molecule has 162 valence electrons. The summed E-state index contributed by atoms with van der Waals surface area (Å²) in [7, 11) is 0. The third kappa shape index (κ3) is 3.33. The van der Waals surface area contributed by atoms with E-state index in [0.29, 0.717) is 58.0 Å². The van der Waals surface area contributed by atoms with Gasteiger partial charge in [0.2, 0.25) is 0 Å². The molecule has 7 nitrogen and oxygen atoms in total. The summed E-state index contributed by atoms with van der Waals surface area (Å²) in [6, 6.07) is 10.3. The molecular formula is C22H18ClF2N7. The predicted octanol–water partition coefficient (Wildman–Crippen LogP) is 4.89. The Morgan fingerprint density at radius 1 is 1.16 bits per heavy atom. The second-order valence-corrected chi connectivity index (χ2v) is 8.73. The zero-order chi connectivity index (χ0) is 21.9. The van der Waals surface area contributed by atoms with Crippen molar-refractivity contribution in [3.05, 3.63) is 53.4 Å². The van der Waals surface area contributed by atoms with E-state index in [1.807, 2.05) is 23.1 Å². The SMILES string of the molecule is Fc1cnc2[nH]nc(Nc3cc(N4CC(F)(C5CC5)C4)nc(-c4ccccc4Cl)n3)c2c1. The van der Waals surface area contributed by atoms with E-state index in [9.17, 15) is 8.78 Å². The van der Waals surface area contributed by atoms with Gasteiger partial charge in [-0.05, 0) is 37.0 Å². The predicted molar refractivity (Wildman–Crippen MR) is 118 cm³/mol. The molecular weight excluding hydrogens is 436 g/mol. The zero-order valence-corrected chi connectivity index (χ0v) is 17.6. The van der Waals surface area contributed by atoms with Gasteiger partial charge in [-0.25, -0.2) is 23.7 Å². The van der Waals surface area contributed by atoms with E-state index in [2.05, 4.69) is 30.5 Å². The number of hydrogen-bond donors (Lipinski definition) is 2. The van der Waals surface area contributed by atoms with Crippen molar-refractivity contribution in [2.45, 2.75) is 18.5 Å². The number of alkyl halides is 1. The lowest BCUT2D eigenvalue weighted by Gasteiger charge is -2.45. The van der Waals surface area contributed by atoms with Gasteiger partial charge < -0.3 is 10.2 Å². The average molecular weight is 454 g/mol. The maximum Gasteiger partial charge on any atom is 0.165 e. The molecule has 0 unspecified atom stereocenters. The highest BCUT2D eigenvalue weighted by atomic mass is 35.5. The van der Waals surface area contributed by atoms with E-state index >= 15 is 0 Å². The lowest BCUT2D eigenvalue weighted by Crippen LogP contribution is -2.60. The first-order valence-corrected chi connectivity index (χ1v) is 10.7. The van der Waals surface area contributed by atoms with Gasteiger partial charge in [-0.2, -0.15) is 5.10 Å². The summed E-state index contributed by atoms with van der Waals surface area (Å²) in [5, 5.41) is 11.1. The first-order chi connectivity index (χ1) is 15.5. The van der Waals surface area contributed by atoms with E-state index in [0.717, 1.165) is 19.0 Å². The Hall–Kier alpha value is -3.33. The minimum atomic E-state index is -1.15. The largest absolute Gasteiger partial charge is 0.350 e. The lowest BCUT2D eigenvalue weighted by molar-refractivity contribution is 0.0925. The number of aromatic amines is 1. The van der Waals surface area contributed by atoms with Crippen LogP contribution in [-0.4, -0.2) is 43.9 Å². The van der Waals surface area contributed by atoms with Gasteiger partial charge in [0.1, 0.15) is 23.1 Å². The van der Waals surface area contributed by atoms with Crippen LogP contribution in [-0.2, 0) is 0 Å². The number of rotatable bonds is 5. The Bertz CT molecular complexity index is 1330. The molecule has 0 radical (unpaired) electrons. The third-order valence-electron chi connectivity index (χ3n) is 6.00. The highest BCUT2D eigenvalue weighted by Crippen LogP contribution is 2.48. The Morgan fingerprint density at radius 3 is 2.75 bits per heavy atom. The molecule has 2 fully saturated rings. The highest BCUT2D eigenvalue weighted by molar-refractivity contribution is 6.33. The van der Waals surface area contributed by atoms with Crippen LogP contribution in [0.2, 0.25) is 5.02 Å². The molecule has 0 amide bonds. The van der Waals surface area contributed by atoms with Gasteiger partial charge in [0.25, 0.3) is 0 Å². The fourth-order valence-corrected chi connectivity index (χ4v) is 4.35. The number of fused-ring (bicyclic) bond motifs is 1. The minimum absolute atomic E-state index is 0.152. The Morgan fingerprint density at radius 2 is 1.97 bits per heavy atom. The van der Waals surface area contributed by atoms with Crippen molar-refractivity contribution in [3.8, 4) is 11.4 Å². The van der Waals surface area contributed by atoms with Crippen LogP contribution in [0.15, 0.2) is 42.6 Å². The maximum absolute atomic E-state index is 15.0. The number of benzene rings is 1. The fraction of sp³-hybridized carbons (Fsp3) is 0.273. The second kappa shape index (κ2) is 7.09. The Kier molecular flexibility index (Phi) is 4.29. The number of hydrogen-bond acceptors (Lipinski definition) is 6. The average Bonchev–Trinajstić information content (AvgIpc) is 3.55. The number of anilines is 3. The van der Waals surface area contributed by atoms with Gasteiger partial charge in [-0.15, -0.1) is 0 Å². The smallest absolute Gasteiger partial charge is 0.165 e. The van der Waals surface area contributed by atoms with Crippen LogP contribution in [0.5, 0.6) is 0 Å². The summed E-state index contributed by atoms with van der Waals surface area (Å²) in [6.07, 6.45) is 3.01. The van der Waals surface area contributed by atoms with E-state index < -0.39 is 11.5 Å². The van der Waals surface area contributed by atoms with Crippen molar-refractivity contribution in [1.29, 1.82) is 0 Å². The molecule has 0 spiro atoms. The topological polar surface area (TPSA) is 82.6 Å². The molecule has 4 heterocycles. The minimum Gasteiger partial charge on any atom is -0.350 e. The molecule has 1 saturated heterocycles. The molecule has 6 rings (SSSR count). The molecule has 2 N–H and O–H groups in total. The standard InChI is InChI=1S/C22H18ClF2N7/c23-16-4-2-1-3-14(16)20-27-17(28-21-15-7-13(24)9-26-19(15)30-31-21)8-18(29-20)32-10-22(25,11-32)12-5-6-12/h1-4,7-9,12H,5-6,10-11H2,(H2,26,27,28,29,30,31). The number of aromatic nitrogens is 5. The van der Waals surface area contributed by atoms with Gasteiger partial charge >= 0.3 is 0 Å². The zero-order valence-electron chi connectivity index (χ0n) is 16.8. The van der Waals surface area contributed by atoms with Crippen LogP contribution < -0.4 is 10.2 Å². The van der Waals surface area contributed by atoms with Gasteiger partial charge in [-0.3, -0.25) is 5.10 Å². The van der Waals surface area contributed by atoms with Crippen molar-refractivity contribution in [3.63, 3.8) is 0 Å². The van der Waals surface area contributed by atoms with E-state index in [-0.39, 0.29) is 5.92 Å². The van der Waals surface area contributed by atoms with Crippen LogP contribution in [0.25, 0.3) is 22.4 Å². The second-order valence-electron chi connectivity index (χ2n) is 8.33. The molecule has 1 aliphatic heterocycles. The molecule has 1 saturated carbocycles. The first-order valence-electron chi connectivity index (χ1n) is 10.3. The molecule has 0 bridgehead atoms. The maximum atomic E-state index is 15.0. The van der Waals surface area contributed by atoms with Crippen LogP contribution in [0.1, 0.15) is 12.8 Å². The van der Waals surface area contributed by atoms with Gasteiger partial charge in [0.15, 0.2) is 17.3 Å². The van der Waals surface area contributed by atoms with Gasteiger partial charge in [-0.1, -0.05) is 23.7 Å². The summed E-state index contributed by atoms with van der Waals surface area (Å²) in [6.45, 7) is 0.604. The summed E-state index contributed by atoms with van der Waals surface area (Å²) >= 11 is 6.38. The molecule has 10 heteroatoms. The molecule has 4 aromatic rings. The van der Waals surface area contributed by atoms with Crippen LogP contribution in [0, 0.1) is 11.7 Å². The number of nitrogens with one attached hydrogen (secondary N) is 2. The molecule has 0 atom stereocenters. The van der Waals surface area contributed by atoms with Crippen LogP contribution >= 0.6 is 11.6 Å². The molecule has 2 aliphatic rings. The lowest BCUT2D eigenvalue weighted by atomic mass is 9.91. The van der Waals surface area contributed by atoms with Crippen molar-refractivity contribution >= 4 is 40.1 Å². The first kappa shape index (κ1) is 19.4. The third-order valence-corrected chi connectivity index (χ3v) is 6.33. The number of H-pyrrole nitrogens is 1. The molecule has 3 aromatic heterocycles. The summed E-state index contributed by atoms with van der Waals surface area (Å²) in [5.41, 5.74) is -0.0400. The summed E-state index contributed by atoms with van der Waals surface area (Å²) in [5.74, 6) is 1.49. The number of halogens is 3. The molecule has 1 aliphatic carbocycles. The highest BCUT2D eigenvalue weighted by Gasteiger charge is 2.54. The quantitative estimate of drug-likeness (QED) is 0.447. The van der Waals surface area contributed by atoms with Crippen LogP contribution in [0.3, 0.4) is 0 Å². The van der Waals surface area contributed by atoms with Crippen molar-refractivity contribution in [2.24, 2.45) is 5.92 Å².